The zero-order valence-corrected chi connectivity index (χ0v) is 13.1. The fraction of sp³-hybridized carbons (Fsp3) is 0.714. The second-order valence-corrected chi connectivity index (χ2v) is 5.18. The highest BCUT2D eigenvalue weighted by Gasteiger charge is 2.45. The molecule has 0 aromatic rings. The SMILES string of the molecule is CC(=O)NC1CCC(OC(C)=O)C(OC(C)=O)C1OC(C)=O. The van der Waals surface area contributed by atoms with E-state index in [1.54, 1.807) is 0 Å². The molecule has 4 atom stereocenters. The number of rotatable bonds is 4. The molecule has 0 aromatic carbocycles. The molecular weight excluding hydrogens is 294 g/mol. The Bertz CT molecular complexity index is 420. The highest BCUT2D eigenvalue weighted by molar-refractivity contribution is 5.73. The fourth-order valence-electron chi connectivity index (χ4n) is 2.54. The van der Waals surface area contributed by atoms with E-state index >= 15 is 0 Å². The second kappa shape index (κ2) is 7.77. The van der Waals surface area contributed by atoms with Gasteiger partial charge in [0, 0.05) is 27.7 Å². The van der Waals surface area contributed by atoms with E-state index in [-0.39, 0.29) is 5.91 Å². The third kappa shape index (κ3) is 5.34. The number of esters is 3. The van der Waals surface area contributed by atoms with Crippen molar-refractivity contribution >= 4 is 23.8 Å². The Morgan fingerprint density at radius 3 is 1.73 bits per heavy atom. The Morgan fingerprint density at radius 2 is 1.27 bits per heavy atom. The maximum Gasteiger partial charge on any atom is 0.303 e. The van der Waals surface area contributed by atoms with Crippen LogP contribution in [0.5, 0.6) is 0 Å². The predicted octanol–water partition coefficient (Wildman–Crippen LogP) is 0.0800. The van der Waals surface area contributed by atoms with Gasteiger partial charge in [-0.1, -0.05) is 0 Å². The molecule has 0 spiro atoms. The van der Waals surface area contributed by atoms with Crippen LogP contribution < -0.4 is 5.32 Å². The van der Waals surface area contributed by atoms with Crippen molar-refractivity contribution in [1.29, 1.82) is 0 Å². The number of carbonyl (C=O) groups excluding carboxylic acids is 4. The Morgan fingerprint density at radius 1 is 0.773 bits per heavy atom. The van der Waals surface area contributed by atoms with Crippen LogP contribution in [0.25, 0.3) is 0 Å². The molecular formula is C14H21NO7. The van der Waals surface area contributed by atoms with E-state index in [2.05, 4.69) is 5.32 Å². The average Bonchev–Trinajstić information content (AvgIpc) is 2.34. The van der Waals surface area contributed by atoms with E-state index in [1.807, 2.05) is 0 Å². The highest BCUT2D eigenvalue weighted by Crippen LogP contribution is 2.28. The lowest BCUT2D eigenvalue weighted by molar-refractivity contribution is -0.192. The fourth-order valence-corrected chi connectivity index (χ4v) is 2.54. The summed E-state index contributed by atoms with van der Waals surface area (Å²) in [4.78, 5) is 45.1. The standard InChI is InChI=1S/C14H21NO7/c1-7(16)15-11-5-6-12(20-8(2)17)14(22-10(4)19)13(11)21-9(3)18/h11-14H,5-6H2,1-4H3,(H,15,16). The topological polar surface area (TPSA) is 108 Å². The molecule has 8 heteroatoms. The zero-order chi connectivity index (χ0) is 16.9. The van der Waals surface area contributed by atoms with Crippen molar-refractivity contribution in [3.63, 3.8) is 0 Å². The van der Waals surface area contributed by atoms with Gasteiger partial charge in [-0.05, 0) is 12.8 Å². The summed E-state index contributed by atoms with van der Waals surface area (Å²) in [5, 5.41) is 2.67. The molecule has 1 N–H and O–H groups in total. The minimum atomic E-state index is -0.962. The molecule has 8 nitrogen and oxygen atoms in total. The van der Waals surface area contributed by atoms with Gasteiger partial charge in [0.2, 0.25) is 5.91 Å². The van der Waals surface area contributed by atoms with E-state index < -0.39 is 42.3 Å². The van der Waals surface area contributed by atoms with Crippen molar-refractivity contribution in [3.8, 4) is 0 Å². The van der Waals surface area contributed by atoms with E-state index in [0.717, 1.165) is 0 Å². The first-order valence-electron chi connectivity index (χ1n) is 6.99. The summed E-state index contributed by atoms with van der Waals surface area (Å²) in [7, 11) is 0. The molecule has 1 fully saturated rings. The van der Waals surface area contributed by atoms with E-state index in [1.165, 1.54) is 27.7 Å². The third-order valence-electron chi connectivity index (χ3n) is 3.16. The normalized spacial score (nSPS) is 27.5. The summed E-state index contributed by atoms with van der Waals surface area (Å²) < 4.78 is 15.5. The molecule has 0 heterocycles. The predicted molar refractivity (Wildman–Crippen MR) is 73.5 cm³/mol. The van der Waals surface area contributed by atoms with Crippen LogP contribution in [0.1, 0.15) is 40.5 Å². The largest absolute Gasteiger partial charge is 0.458 e. The summed E-state index contributed by atoms with van der Waals surface area (Å²) >= 11 is 0. The molecule has 0 bridgehead atoms. The molecule has 1 saturated carbocycles. The molecule has 0 aliphatic heterocycles. The van der Waals surface area contributed by atoms with Crippen molar-refractivity contribution in [2.75, 3.05) is 0 Å². The van der Waals surface area contributed by atoms with Crippen LogP contribution in [0.15, 0.2) is 0 Å². The lowest BCUT2D eigenvalue weighted by Crippen LogP contribution is -2.59. The quantitative estimate of drug-likeness (QED) is 0.578. The first-order chi connectivity index (χ1) is 10.2. The van der Waals surface area contributed by atoms with Crippen LogP contribution in [0, 0.1) is 0 Å². The summed E-state index contributed by atoms with van der Waals surface area (Å²) in [6.45, 7) is 5.00. The minimum absolute atomic E-state index is 0.297. The number of hydrogen-bond acceptors (Lipinski definition) is 7. The highest BCUT2D eigenvalue weighted by atomic mass is 16.6. The van der Waals surface area contributed by atoms with Crippen LogP contribution in [0.4, 0.5) is 0 Å². The molecule has 0 saturated heterocycles. The van der Waals surface area contributed by atoms with Crippen LogP contribution in [0.2, 0.25) is 0 Å². The van der Waals surface area contributed by atoms with E-state index in [4.69, 9.17) is 14.2 Å². The van der Waals surface area contributed by atoms with Gasteiger partial charge in [-0.2, -0.15) is 0 Å². The Labute approximate surface area is 128 Å². The lowest BCUT2D eigenvalue weighted by Gasteiger charge is -2.40. The first kappa shape index (κ1) is 17.9. The number of carbonyl (C=O) groups is 4. The second-order valence-electron chi connectivity index (χ2n) is 5.18. The van der Waals surface area contributed by atoms with Gasteiger partial charge >= 0.3 is 17.9 Å². The molecule has 22 heavy (non-hydrogen) atoms. The van der Waals surface area contributed by atoms with Crippen molar-refractivity contribution in [3.05, 3.63) is 0 Å². The molecule has 0 radical (unpaired) electrons. The summed E-state index contributed by atoms with van der Waals surface area (Å²) in [5.41, 5.74) is 0. The van der Waals surface area contributed by atoms with Gasteiger partial charge in [0.15, 0.2) is 12.2 Å². The number of amides is 1. The van der Waals surface area contributed by atoms with Crippen molar-refractivity contribution in [2.45, 2.75) is 64.9 Å². The van der Waals surface area contributed by atoms with Gasteiger partial charge in [-0.15, -0.1) is 0 Å². The van der Waals surface area contributed by atoms with E-state index in [0.29, 0.717) is 12.8 Å². The van der Waals surface area contributed by atoms with Crippen LogP contribution >= 0.6 is 0 Å². The maximum absolute atomic E-state index is 11.3. The molecule has 1 amide bonds. The number of hydrogen-bond donors (Lipinski definition) is 1. The van der Waals surface area contributed by atoms with E-state index in [9.17, 15) is 19.2 Å². The molecule has 0 aromatic heterocycles. The molecule has 4 unspecified atom stereocenters. The smallest absolute Gasteiger partial charge is 0.303 e. The van der Waals surface area contributed by atoms with Crippen molar-refractivity contribution < 1.29 is 33.4 Å². The van der Waals surface area contributed by atoms with Crippen molar-refractivity contribution in [1.82, 2.24) is 5.32 Å². The molecule has 1 aliphatic carbocycles. The van der Waals surface area contributed by atoms with Gasteiger partial charge in [0.25, 0.3) is 0 Å². The Hall–Kier alpha value is -2.12. The summed E-state index contributed by atoms with van der Waals surface area (Å²) in [6, 6.07) is -0.516. The van der Waals surface area contributed by atoms with Gasteiger partial charge in [-0.25, -0.2) is 0 Å². The third-order valence-corrected chi connectivity index (χ3v) is 3.16. The Kier molecular flexibility index (Phi) is 6.33. The number of nitrogens with one attached hydrogen (secondary N) is 1. The van der Waals surface area contributed by atoms with Crippen LogP contribution in [-0.2, 0) is 33.4 Å². The number of ether oxygens (including phenoxy) is 3. The first-order valence-corrected chi connectivity index (χ1v) is 6.99. The molecule has 124 valence electrons. The minimum Gasteiger partial charge on any atom is -0.458 e. The maximum atomic E-state index is 11.3. The zero-order valence-electron chi connectivity index (χ0n) is 13.1. The van der Waals surface area contributed by atoms with Gasteiger partial charge in [0.1, 0.15) is 6.10 Å². The summed E-state index contributed by atoms with van der Waals surface area (Å²) in [6.07, 6.45) is -1.80. The molecule has 1 aliphatic rings. The van der Waals surface area contributed by atoms with Gasteiger partial charge < -0.3 is 19.5 Å². The average molecular weight is 315 g/mol. The van der Waals surface area contributed by atoms with Crippen LogP contribution in [-0.4, -0.2) is 48.2 Å². The Balaban J connectivity index is 3.03. The van der Waals surface area contributed by atoms with Crippen LogP contribution in [0.3, 0.4) is 0 Å². The van der Waals surface area contributed by atoms with Gasteiger partial charge in [0.05, 0.1) is 6.04 Å². The van der Waals surface area contributed by atoms with Crippen molar-refractivity contribution in [2.24, 2.45) is 0 Å². The monoisotopic (exact) mass is 315 g/mol. The lowest BCUT2D eigenvalue weighted by atomic mass is 9.87. The van der Waals surface area contributed by atoms with Gasteiger partial charge in [-0.3, -0.25) is 19.2 Å². The molecule has 1 rings (SSSR count). The summed E-state index contributed by atoms with van der Waals surface area (Å²) in [5.74, 6) is -2.00.